The molecule has 0 bridgehead atoms. The third-order valence-corrected chi connectivity index (χ3v) is 3.47. The molecule has 1 aliphatic rings. The fraction of sp³-hybridized carbons (Fsp3) is 0.462. The van der Waals surface area contributed by atoms with Gasteiger partial charge in [0.15, 0.2) is 0 Å². The first kappa shape index (κ1) is 11.8. The Morgan fingerprint density at radius 2 is 2.35 bits per heavy atom. The highest BCUT2D eigenvalue weighted by atomic mass is 16.2. The van der Waals surface area contributed by atoms with Gasteiger partial charge in [-0.05, 0) is 18.6 Å². The molecular weight excluding hydrogens is 216 g/mol. The van der Waals surface area contributed by atoms with Gasteiger partial charge in [-0.3, -0.25) is 9.78 Å². The normalized spacial score (nSPS) is 24.8. The number of hydrogen-bond acceptors (Lipinski definition) is 3. The number of carbonyl (C=O) groups excluding carboxylic acids is 2. The quantitative estimate of drug-likeness (QED) is 0.735. The van der Waals surface area contributed by atoms with E-state index in [1.807, 2.05) is 18.2 Å². The van der Waals surface area contributed by atoms with E-state index in [1.165, 1.54) is 0 Å². The minimum absolute atomic E-state index is 0.141. The van der Waals surface area contributed by atoms with Gasteiger partial charge >= 0.3 is 0 Å². The van der Waals surface area contributed by atoms with Gasteiger partial charge in [-0.15, -0.1) is 0 Å². The monoisotopic (exact) mass is 232 g/mol. The van der Waals surface area contributed by atoms with Crippen LogP contribution < -0.4 is 0 Å². The first-order valence-corrected chi connectivity index (χ1v) is 5.77. The number of aromatic nitrogens is 1. The lowest BCUT2D eigenvalue weighted by Gasteiger charge is -2.39. The number of carbonyl (C=O) groups is 2. The van der Waals surface area contributed by atoms with Crippen LogP contribution in [0.2, 0.25) is 0 Å². The van der Waals surface area contributed by atoms with E-state index in [-0.39, 0.29) is 11.3 Å². The van der Waals surface area contributed by atoms with Gasteiger partial charge in [-0.2, -0.15) is 0 Å². The summed E-state index contributed by atoms with van der Waals surface area (Å²) < 4.78 is 0. The third-order valence-electron chi connectivity index (χ3n) is 3.47. The lowest BCUT2D eigenvalue weighted by atomic mass is 9.74. The number of nitrogens with zero attached hydrogens (tertiary/aromatic N) is 2. The van der Waals surface area contributed by atoms with E-state index >= 15 is 0 Å². The van der Waals surface area contributed by atoms with Gasteiger partial charge in [0, 0.05) is 43.7 Å². The second-order valence-electron chi connectivity index (χ2n) is 4.62. The van der Waals surface area contributed by atoms with E-state index in [4.69, 9.17) is 0 Å². The lowest BCUT2D eigenvalue weighted by molar-refractivity contribution is -0.134. The molecule has 0 saturated carbocycles. The number of hydrogen-bond donors (Lipinski definition) is 0. The van der Waals surface area contributed by atoms with Crippen molar-refractivity contribution in [2.24, 2.45) is 0 Å². The zero-order valence-corrected chi connectivity index (χ0v) is 9.93. The maximum atomic E-state index is 11.5. The van der Waals surface area contributed by atoms with Crippen molar-refractivity contribution in [3.8, 4) is 0 Å². The Balaban J connectivity index is 2.33. The Kier molecular flexibility index (Phi) is 3.22. The first-order chi connectivity index (χ1) is 8.18. The second kappa shape index (κ2) is 4.65. The number of amides is 1. The molecule has 4 nitrogen and oxygen atoms in total. The highest BCUT2D eigenvalue weighted by Crippen LogP contribution is 2.35. The summed E-state index contributed by atoms with van der Waals surface area (Å²) >= 11 is 0. The van der Waals surface area contributed by atoms with Crippen LogP contribution in [0.4, 0.5) is 0 Å². The molecule has 2 rings (SSSR count). The molecule has 1 aliphatic heterocycles. The summed E-state index contributed by atoms with van der Waals surface area (Å²) in [6.07, 6.45) is 4.27. The molecule has 0 N–H and O–H groups in total. The van der Waals surface area contributed by atoms with Crippen LogP contribution in [0.25, 0.3) is 0 Å². The summed E-state index contributed by atoms with van der Waals surface area (Å²) in [6, 6.07) is 5.72. The lowest BCUT2D eigenvalue weighted by Crippen LogP contribution is -2.47. The van der Waals surface area contributed by atoms with Crippen molar-refractivity contribution in [3.63, 3.8) is 0 Å². The second-order valence-corrected chi connectivity index (χ2v) is 4.62. The van der Waals surface area contributed by atoms with Crippen LogP contribution in [0.15, 0.2) is 24.4 Å². The van der Waals surface area contributed by atoms with Crippen LogP contribution in [-0.2, 0) is 15.0 Å². The van der Waals surface area contributed by atoms with E-state index in [0.29, 0.717) is 25.8 Å². The van der Waals surface area contributed by atoms with Gasteiger partial charge in [0.2, 0.25) is 5.91 Å². The van der Waals surface area contributed by atoms with E-state index in [0.717, 1.165) is 12.0 Å². The highest BCUT2D eigenvalue weighted by molar-refractivity contribution is 5.77. The van der Waals surface area contributed by atoms with E-state index in [1.54, 1.807) is 18.1 Å². The van der Waals surface area contributed by atoms with Crippen LogP contribution >= 0.6 is 0 Å². The van der Waals surface area contributed by atoms with Crippen molar-refractivity contribution in [2.75, 3.05) is 13.6 Å². The number of aldehydes is 1. The fourth-order valence-electron chi connectivity index (χ4n) is 2.47. The van der Waals surface area contributed by atoms with Crippen molar-refractivity contribution in [1.29, 1.82) is 0 Å². The standard InChI is InChI=1S/C13H16N2O2/c1-15-10-13(7-9-16,6-5-12(15)17)11-4-2-3-8-14-11/h2-4,8-9H,5-7,10H2,1H3. The molecule has 2 heterocycles. The van der Waals surface area contributed by atoms with E-state index < -0.39 is 0 Å². The zero-order valence-electron chi connectivity index (χ0n) is 9.93. The summed E-state index contributed by atoms with van der Waals surface area (Å²) in [5, 5.41) is 0. The molecule has 1 amide bonds. The molecule has 0 aliphatic carbocycles. The molecule has 1 atom stereocenters. The molecular formula is C13H16N2O2. The Morgan fingerprint density at radius 1 is 1.53 bits per heavy atom. The largest absolute Gasteiger partial charge is 0.345 e. The molecule has 1 saturated heterocycles. The van der Waals surface area contributed by atoms with Gasteiger partial charge in [-0.25, -0.2) is 0 Å². The smallest absolute Gasteiger partial charge is 0.222 e. The molecule has 17 heavy (non-hydrogen) atoms. The van der Waals surface area contributed by atoms with Crippen LogP contribution in [0.5, 0.6) is 0 Å². The Labute approximate surface area is 101 Å². The average Bonchev–Trinajstić information content (AvgIpc) is 2.35. The maximum absolute atomic E-state index is 11.5. The molecule has 0 radical (unpaired) electrons. The Hall–Kier alpha value is -1.71. The maximum Gasteiger partial charge on any atom is 0.222 e. The van der Waals surface area contributed by atoms with Crippen LogP contribution in [0, 0.1) is 0 Å². The van der Waals surface area contributed by atoms with Gasteiger partial charge in [0.05, 0.1) is 0 Å². The number of piperidine rings is 1. The van der Waals surface area contributed by atoms with Gasteiger partial charge < -0.3 is 9.69 Å². The fourth-order valence-corrected chi connectivity index (χ4v) is 2.47. The summed E-state index contributed by atoms with van der Waals surface area (Å²) in [6.45, 7) is 0.571. The summed E-state index contributed by atoms with van der Waals surface area (Å²) in [4.78, 5) is 28.5. The molecule has 90 valence electrons. The van der Waals surface area contributed by atoms with E-state index in [9.17, 15) is 9.59 Å². The van der Waals surface area contributed by atoms with Crippen LogP contribution in [-0.4, -0.2) is 35.7 Å². The van der Waals surface area contributed by atoms with Crippen molar-refractivity contribution >= 4 is 12.2 Å². The minimum atomic E-state index is -0.300. The number of pyridine rings is 1. The van der Waals surface area contributed by atoms with Crippen molar-refractivity contribution in [2.45, 2.75) is 24.7 Å². The summed E-state index contributed by atoms with van der Waals surface area (Å²) in [7, 11) is 1.78. The predicted molar refractivity (Wildman–Crippen MR) is 63.5 cm³/mol. The van der Waals surface area contributed by atoms with Crippen LogP contribution in [0.3, 0.4) is 0 Å². The molecule has 1 fully saturated rings. The molecule has 0 aromatic carbocycles. The van der Waals surface area contributed by atoms with Crippen molar-refractivity contribution in [3.05, 3.63) is 30.1 Å². The van der Waals surface area contributed by atoms with Gasteiger partial charge in [0.25, 0.3) is 0 Å². The number of likely N-dealkylation sites (tertiary alicyclic amines) is 1. The topological polar surface area (TPSA) is 50.3 Å². The molecule has 0 spiro atoms. The van der Waals surface area contributed by atoms with Crippen molar-refractivity contribution in [1.82, 2.24) is 9.88 Å². The molecule has 4 heteroatoms. The molecule has 1 unspecified atom stereocenters. The van der Waals surface area contributed by atoms with Gasteiger partial charge in [0.1, 0.15) is 6.29 Å². The number of likely N-dealkylation sites (N-methyl/N-ethyl adjacent to an activating group) is 1. The average molecular weight is 232 g/mol. The zero-order chi connectivity index (χ0) is 12.3. The number of rotatable bonds is 3. The molecule has 1 aromatic heterocycles. The first-order valence-electron chi connectivity index (χ1n) is 5.77. The summed E-state index contributed by atoms with van der Waals surface area (Å²) in [5.74, 6) is 0.141. The highest BCUT2D eigenvalue weighted by Gasteiger charge is 2.39. The van der Waals surface area contributed by atoms with Gasteiger partial charge in [-0.1, -0.05) is 6.07 Å². The SMILES string of the molecule is CN1CC(CC=O)(c2ccccn2)CCC1=O. The minimum Gasteiger partial charge on any atom is -0.345 e. The third kappa shape index (κ3) is 2.20. The van der Waals surface area contributed by atoms with Crippen LogP contribution in [0.1, 0.15) is 25.0 Å². The predicted octanol–water partition coefficient (Wildman–Crippen LogP) is 1.16. The molecule has 1 aromatic rings. The Bertz CT molecular complexity index is 419. The van der Waals surface area contributed by atoms with E-state index in [2.05, 4.69) is 4.98 Å². The summed E-state index contributed by atoms with van der Waals surface area (Å²) in [5.41, 5.74) is 0.609. The Morgan fingerprint density at radius 3 is 2.94 bits per heavy atom. The van der Waals surface area contributed by atoms with Crippen molar-refractivity contribution < 1.29 is 9.59 Å².